The highest BCUT2D eigenvalue weighted by atomic mass is 19.4. The van der Waals surface area contributed by atoms with Crippen molar-refractivity contribution < 1.29 is 32.7 Å². The van der Waals surface area contributed by atoms with Gasteiger partial charge in [-0.15, -0.1) is 5.10 Å². The van der Waals surface area contributed by atoms with E-state index in [4.69, 9.17) is 9.47 Å². The van der Waals surface area contributed by atoms with E-state index in [1.54, 1.807) is 51.5 Å². The molecule has 36 heavy (non-hydrogen) atoms. The molecule has 0 fully saturated rings. The molecule has 0 aliphatic rings. The zero-order valence-corrected chi connectivity index (χ0v) is 19.7. The molecule has 1 aromatic heterocycles. The number of hydrogen-bond acceptors (Lipinski definition) is 7. The molecule has 0 radical (unpaired) electrons. The second-order valence-corrected chi connectivity index (χ2v) is 8.10. The molecule has 0 atom stereocenters. The monoisotopic (exact) mass is 497 g/mol. The fourth-order valence-corrected chi connectivity index (χ4v) is 3.97. The van der Waals surface area contributed by atoms with Crippen molar-refractivity contribution >= 4 is 29.2 Å². The Balaban J connectivity index is 1.74. The number of nitrogens with zero attached hydrogens (tertiary/aromatic N) is 2. The minimum Gasteiger partial charge on any atom is -0.497 e. The third kappa shape index (κ3) is 5.07. The SMILES string of the molecule is COc1ccc(CNc2nnc(C)c3cc(-c4cc(B(O)O)ccc4C(F)(F)F)ccc23)c(OC)c1. The van der Waals surface area contributed by atoms with Crippen LogP contribution >= 0.6 is 0 Å². The highest BCUT2D eigenvalue weighted by Crippen LogP contribution is 2.38. The van der Waals surface area contributed by atoms with Crippen LogP contribution in [0.3, 0.4) is 0 Å². The molecule has 0 aliphatic carbocycles. The van der Waals surface area contributed by atoms with Crippen LogP contribution in [0.2, 0.25) is 0 Å². The minimum absolute atomic E-state index is 0.0431. The number of alkyl halides is 3. The number of aromatic nitrogens is 2. The van der Waals surface area contributed by atoms with Crippen molar-refractivity contribution in [2.45, 2.75) is 19.6 Å². The van der Waals surface area contributed by atoms with Crippen LogP contribution < -0.4 is 20.3 Å². The first-order chi connectivity index (χ1) is 17.1. The zero-order valence-electron chi connectivity index (χ0n) is 19.7. The Hall–Kier alpha value is -3.83. The van der Waals surface area contributed by atoms with Gasteiger partial charge in [0.15, 0.2) is 5.82 Å². The molecule has 0 spiro atoms. The van der Waals surface area contributed by atoms with E-state index < -0.39 is 18.9 Å². The Morgan fingerprint density at radius 1 is 0.917 bits per heavy atom. The number of hydrogen-bond donors (Lipinski definition) is 3. The number of rotatable bonds is 7. The van der Waals surface area contributed by atoms with Gasteiger partial charge in [0.2, 0.25) is 0 Å². The van der Waals surface area contributed by atoms with Crippen LogP contribution in [0.1, 0.15) is 16.8 Å². The largest absolute Gasteiger partial charge is 0.497 e. The Kier molecular flexibility index (Phi) is 7.05. The van der Waals surface area contributed by atoms with Crippen LogP contribution in [-0.4, -0.2) is 41.6 Å². The molecule has 0 amide bonds. The van der Waals surface area contributed by atoms with Gasteiger partial charge in [0.05, 0.1) is 25.5 Å². The summed E-state index contributed by atoms with van der Waals surface area (Å²) in [5, 5.41) is 31.9. The molecule has 7 nitrogen and oxygen atoms in total. The molecule has 3 N–H and O–H groups in total. The van der Waals surface area contributed by atoms with Gasteiger partial charge in [-0.25, -0.2) is 0 Å². The summed E-state index contributed by atoms with van der Waals surface area (Å²) >= 11 is 0. The van der Waals surface area contributed by atoms with Crippen LogP contribution in [0.15, 0.2) is 54.6 Å². The van der Waals surface area contributed by atoms with Crippen LogP contribution in [0.4, 0.5) is 19.0 Å². The van der Waals surface area contributed by atoms with Gasteiger partial charge in [0.25, 0.3) is 0 Å². The van der Waals surface area contributed by atoms with E-state index in [0.29, 0.717) is 40.3 Å². The molecule has 0 saturated carbocycles. The lowest BCUT2D eigenvalue weighted by Crippen LogP contribution is -2.30. The van der Waals surface area contributed by atoms with E-state index in [1.165, 1.54) is 0 Å². The molecule has 0 bridgehead atoms. The van der Waals surface area contributed by atoms with E-state index >= 15 is 0 Å². The molecule has 1 heterocycles. The molecule has 3 aromatic carbocycles. The van der Waals surface area contributed by atoms with Gasteiger partial charge in [-0.1, -0.05) is 18.2 Å². The summed E-state index contributed by atoms with van der Waals surface area (Å²) in [6.07, 6.45) is -4.63. The third-order valence-electron chi connectivity index (χ3n) is 5.86. The standard InChI is InChI=1S/C25H23BF3N3O4/c1-14-20-10-15(21-11-17(26(33)34)6-9-22(21)25(27,28)29)5-8-19(20)24(32-31-14)30-13-16-4-7-18(35-2)12-23(16)36-3/h4-12,33-34H,13H2,1-3H3,(H,30,32). The van der Waals surface area contributed by atoms with E-state index in [1.807, 2.05) is 6.07 Å². The molecule has 0 aliphatic heterocycles. The number of anilines is 1. The molecule has 186 valence electrons. The van der Waals surface area contributed by atoms with Crippen LogP contribution in [-0.2, 0) is 12.7 Å². The molecular weight excluding hydrogens is 474 g/mol. The Morgan fingerprint density at radius 3 is 2.36 bits per heavy atom. The lowest BCUT2D eigenvalue weighted by atomic mass is 9.78. The average Bonchev–Trinajstić information content (AvgIpc) is 2.87. The van der Waals surface area contributed by atoms with Crippen LogP contribution in [0, 0.1) is 6.92 Å². The second kappa shape index (κ2) is 10.0. The molecule has 4 rings (SSSR count). The molecular formula is C25H23BF3N3O4. The first-order valence-corrected chi connectivity index (χ1v) is 10.9. The summed E-state index contributed by atoms with van der Waals surface area (Å²) in [6, 6.07) is 13.3. The first-order valence-electron chi connectivity index (χ1n) is 10.9. The van der Waals surface area contributed by atoms with Gasteiger partial charge >= 0.3 is 13.3 Å². The van der Waals surface area contributed by atoms with E-state index in [-0.39, 0.29) is 16.6 Å². The number of benzene rings is 3. The highest BCUT2D eigenvalue weighted by molar-refractivity contribution is 6.58. The predicted octanol–water partition coefficient (Wildman–Crippen LogP) is 3.93. The highest BCUT2D eigenvalue weighted by Gasteiger charge is 2.34. The molecule has 0 saturated heterocycles. The fourth-order valence-electron chi connectivity index (χ4n) is 3.97. The normalized spacial score (nSPS) is 11.4. The maximum Gasteiger partial charge on any atom is 0.488 e. The van der Waals surface area contributed by atoms with E-state index in [9.17, 15) is 23.2 Å². The van der Waals surface area contributed by atoms with E-state index in [2.05, 4.69) is 15.5 Å². The molecule has 11 heteroatoms. The number of methoxy groups -OCH3 is 2. The van der Waals surface area contributed by atoms with Gasteiger partial charge in [0, 0.05) is 28.9 Å². The summed E-state index contributed by atoms with van der Waals surface area (Å²) in [6.45, 7) is 2.07. The van der Waals surface area contributed by atoms with Gasteiger partial charge in [0.1, 0.15) is 11.5 Å². The summed E-state index contributed by atoms with van der Waals surface area (Å²) in [5.41, 5.74) is 0.556. The lowest BCUT2D eigenvalue weighted by molar-refractivity contribution is -0.137. The number of fused-ring (bicyclic) bond motifs is 1. The van der Waals surface area contributed by atoms with Crippen molar-refractivity contribution in [1.82, 2.24) is 10.2 Å². The Bertz CT molecular complexity index is 1410. The fraction of sp³-hybridized carbons (Fsp3) is 0.200. The van der Waals surface area contributed by atoms with Crippen molar-refractivity contribution in [3.05, 3.63) is 71.4 Å². The van der Waals surface area contributed by atoms with Crippen molar-refractivity contribution in [2.24, 2.45) is 0 Å². The smallest absolute Gasteiger partial charge is 0.488 e. The molecule has 0 unspecified atom stereocenters. The van der Waals surface area contributed by atoms with Gasteiger partial charge in [-0.05, 0) is 53.8 Å². The number of aryl methyl sites for hydroxylation is 1. The minimum atomic E-state index is -4.63. The predicted molar refractivity (Wildman–Crippen MR) is 131 cm³/mol. The summed E-state index contributed by atoms with van der Waals surface area (Å²) in [7, 11) is 1.22. The third-order valence-corrected chi connectivity index (χ3v) is 5.86. The summed E-state index contributed by atoms with van der Waals surface area (Å²) in [4.78, 5) is 0. The van der Waals surface area contributed by atoms with Crippen molar-refractivity contribution in [2.75, 3.05) is 19.5 Å². The van der Waals surface area contributed by atoms with Crippen LogP contribution in [0.25, 0.3) is 21.9 Å². The maximum atomic E-state index is 13.7. The Morgan fingerprint density at radius 2 is 1.69 bits per heavy atom. The van der Waals surface area contributed by atoms with Gasteiger partial charge < -0.3 is 24.8 Å². The Labute approximate surface area is 205 Å². The first kappa shape index (κ1) is 25.3. The van der Waals surface area contributed by atoms with Crippen LogP contribution in [0.5, 0.6) is 11.5 Å². The summed E-state index contributed by atoms with van der Waals surface area (Å²) in [5.74, 6) is 1.73. The van der Waals surface area contributed by atoms with E-state index in [0.717, 1.165) is 23.8 Å². The van der Waals surface area contributed by atoms with Crippen molar-refractivity contribution in [1.29, 1.82) is 0 Å². The van der Waals surface area contributed by atoms with Crippen molar-refractivity contribution in [3.8, 4) is 22.6 Å². The quantitative estimate of drug-likeness (QED) is 0.333. The molecule has 4 aromatic rings. The summed E-state index contributed by atoms with van der Waals surface area (Å²) < 4.78 is 51.8. The number of nitrogens with one attached hydrogen (secondary N) is 1. The van der Waals surface area contributed by atoms with Gasteiger partial charge in [-0.3, -0.25) is 0 Å². The average molecular weight is 497 g/mol. The lowest BCUT2D eigenvalue weighted by Gasteiger charge is -2.16. The number of halogens is 3. The topological polar surface area (TPSA) is 96.7 Å². The van der Waals surface area contributed by atoms with Crippen molar-refractivity contribution in [3.63, 3.8) is 0 Å². The van der Waals surface area contributed by atoms with Gasteiger partial charge in [-0.2, -0.15) is 18.3 Å². The zero-order chi connectivity index (χ0) is 26.0. The second-order valence-electron chi connectivity index (χ2n) is 8.10. The number of ether oxygens (including phenoxy) is 2. The maximum absolute atomic E-state index is 13.7.